The number of nitrogens with one attached hydrogen (secondary N) is 1. The molecule has 2 aliphatic carbocycles. The fourth-order valence-corrected chi connectivity index (χ4v) is 4.58. The van der Waals surface area contributed by atoms with E-state index in [0.717, 1.165) is 17.8 Å². The summed E-state index contributed by atoms with van der Waals surface area (Å²) in [5.74, 6) is -3.78. The molecule has 0 bridgehead atoms. The topological polar surface area (TPSA) is 62.3 Å². The van der Waals surface area contributed by atoms with E-state index in [1.165, 1.54) is 11.1 Å². The van der Waals surface area contributed by atoms with Crippen LogP contribution in [0.5, 0.6) is 0 Å². The Morgan fingerprint density at radius 3 is 2.60 bits per heavy atom. The number of pyridine rings is 1. The summed E-state index contributed by atoms with van der Waals surface area (Å²) in [6.07, 6.45) is 3.47. The molecule has 2 amide bonds. The van der Waals surface area contributed by atoms with E-state index in [2.05, 4.69) is 10.3 Å². The minimum absolute atomic E-state index is 0.159. The van der Waals surface area contributed by atoms with Gasteiger partial charge in [-0.2, -0.15) is 0 Å². The van der Waals surface area contributed by atoms with Crippen molar-refractivity contribution in [2.45, 2.75) is 56.0 Å². The molecule has 4 rings (SSSR count). The Morgan fingerprint density at radius 1 is 1.17 bits per heavy atom. The van der Waals surface area contributed by atoms with Gasteiger partial charge in [0.15, 0.2) is 5.54 Å². The molecule has 2 aliphatic rings. The third-order valence-electron chi connectivity index (χ3n) is 6.13. The normalized spacial score (nSPS) is 22.9. The molecule has 1 heterocycles. The lowest BCUT2D eigenvalue weighted by Gasteiger charge is -2.40. The van der Waals surface area contributed by atoms with Crippen molar-refractivity contribution in [2.24, 2.45) is 0 Å². The first kappa shape index (κ1) is 20.4. The number of benzene rings is 1. The molecule has 158 valence electrons. The van der Waals surface area contributed by atoms with Crippen LogP contribution in [0.4, 0.5) is 18.9 Å². The number of aryl methyl sites for hydroxylation is 1. The van der Waals surface area contributed by atoms with Crippen LogP contribution in [-0.4, -0.2) is 29.3 Å². The first-order chi connectivity index (χ1) is 14.4. The Kier molecular flexibility index (Phi) is 5.26. The van der Waals surface area contributed by atoms with E-state index in [1.54, 1.807) is 12.1 Å². The van der Waals surface area contributed by atoms with Gasteiger partial charge in [-0.05, 0) is 36.8 Å². The summed E-state index contributed by atoms with van der Waals surface area (Å²) < 4.78 is 40.9. The largest absolute Gasteiger partial charge is 0.351 e. The number of hydrogen-bond acceptors (Lipinski definition) is 3. The van der Waals surface area contributed by atoms with Crippen LogP contribution in [0.25, 0.3) is 0 Å². The number of carbonyl (C=O) groups excluding carboxylic acids is 2. The van der Waals surface area contributed by atoms with Crippen LogP contribution in [0, 0.1) is 5.82 Å². The van der Waals surface area contributed by atoms with Crippen LogP contribution in [0.2, 0.25) is 0 Å². The first-order valence-corrected chi connectivity index (χ1v) is 9.98. The van der Waals surface area contributed by atoms with Crippen molar-refractivity contribution < 1.29 is 22.8 Å². The van der Waals surface area contributed by atoms with Crippen LogP contribution >= 0.6 is 0 Å². The molecule has 1 fully saturated rings. The van der Waals surface area contributed by atoms with Gasteiger partial charge in [-0.25, -0.2) is 13.2 Å². The maximum atomic E-state index is 13.8. The highest BCUT2D eigenvalue weighted by Crippen LogP contribution is 2.44. The number of fused-ring (bicyclic) bond motifs is 1. The molecule has 2 aromatic rings. The highest BCUT2D eigenvalue weighted by molar-refractivity contribution is 5.98. The summed E-state index contributed by atoms with van der Waals surface area (Å²) >= 11 is 0. The molecule has 1 atom stereocenters. The molecule has 5 nitrogen and oxygen atoms in total. The van der Waals surface area contributed by atoms with E-state index >= 15 is 0 Å². The van der Waals surface area contributed by atoms with Crippen molar-refractivity contribution in [2.75, 3.05) is 4.90 Å². The second-order valence-electron chi connectivity index (χ2n) is 7.96. The zero-order valence-electron chi connectivity index (χ0n) is 16.3. The van der Waals surface area contributed by atoms with E-state index < -0.39 is 29.2 Å². The minimum atomic E-state index is -2.71. The molecule has 1 N–H and O–H groups in total. The molecule has 8 heteroatoms. The molecule has 0 radical (unpaired) electrons. The van der Waals surface area contributed by atoms with Gasteiger partial charge >= 0.3 is 0 Å². The molecule has 1 aromatic carbocycles. The summed E-state index contributed by atoms with van der Waals surface area (Å²) in [6, 6.07) is 8.04. The average Bonchev–Trinajstić information content (AvgIpc) is 3.11. The van der Waals surface area contributed by atoms with Gasteiger partial charge in [0, 0.05) is 24.9 Å². The molecular weight excluding hydrogens is 395 g/mol. The third kappa shape index (κ3) is 3.55. The van der Waals surface area contributed by atoms with Crippen LogP contribution < -0.4 is 10.2 Å². The smallest absolute Gasteiger partial charge is 0.251 e. The lowest BCUT2D eigenvalue weighted by molar-refractivity contribution is -0.130. The van der Waals surface area contributed by atoms with Crippen molar-refractivity contribution in [1.82, 2.24) is 10.3 Å². The number of anilines is 1. The Balaban J connectivity index is 1.72. The second-order valence-corrected chi connectivity index (χ2v) is 7.96. The van der Waals surface area contributed by atoms with Gasteiger partial charge in [0.05, 0.1) is 18.1 Å². The Hall–Kier alpha value is -2.90. The van der Waals surface area contributed by atoms with Crippen LogP contribution in [0.15, 0.2) is 42.7 Å². The average molecular weight is 417 g/mol. The van der Waals surface area contributed by atoms with E-state index in [9.17, 15) is 22.8 Å². The molecular formula is C22H22F3N3O2. The molecule has 0 unspecified atom stereocenters. The summed E-state index contributed by atoms with van der Waals surface area (Å²) in [4.78, 5) is 30.8. The van der Waals surface area contributed by atoms with Crippen LogP contribution in [0.1, 0.15) is 43.2 Å². The van der Waals surface area contributed by atoms with E-state index in [0.29, 0.717) is 24.8 Å². The van der Waals surface area contributed by atoms with Gasteiger partial charge in [-0.3, -0.25) is 19.5 Å². The maximum Gasteiger partial charge on any atom is 0.251 e. The predicted octanol–water partition coefficient (Wildman–Crippen LogP) is 3.72. The number of halogens is 3. The fraction of sp³-hybridized carbons (Fsp3) is 0.409. The number of carbonyl (C=O) groups is 2. The van der Waals surface area contributed by atoms with Gasteiger partial charge in [0.25, 0.3) is 5.91 Å². The van der Waals surface area contributed by atoms with Crippen molar-refractivity contribution in [1.29, 1.82) is 0 Å². The SMILES string of the molecule is O=CN(c1cncc(F)c1)[C@]1(C(=O)NC2CCC(F)(F)CC2)CCc2ccccc21. The zero-order valence-corrected chi connectivity index (χ0v) is 16.3. The monoisotopic (exact) mass is 417 g/mol. The standard InChI is InChI=1S/C22H22F3N3O2/c23-16-11-18(13-26-12-16)28(14-29)22(10-5-15-3-1-2-4-19(15)22)20(30)27-17-6-8-21(24,25)9-7-17/h1-4,11-14,17H,5-10H2,(H,27,30)/t22-/m1/s1. The number of aromatic nitrogens is 1. The van der Waals surface area contributed by atoms with Crippen molar-refractivity contribution in [3.05, 3.63) is 59.7 Å². The lowest BCUT2D eigenvalue weighted by Crippen LogP contribution is -2.57. The summed E-state index contributed by atoms with van der Waals surface area (Å²) in [6.45, 7) is 0. The summed E-state index contributed by atoms with van der Waals surface area (Å²) in [7, 11) is 0. The highest BCUT2D eigenvalue weighted by atomic mass is 19.3. The molecule has 0 saturated heterocycles. The van der Waals surface area contributed by atoms with E-state index in [-0.39, 0.29) is 31.4 Å². The number of alkyl halides is 2. The number of nitrogens with zero attached hydrogens (tertiary/aromatic N) is 2. The summed E-state index contributed by atoms with van der Waals surface area (Å²) in [5.41, 5.74) is 0.333. The second kappa shape index (κ2) is 7.74. The highest BCUT2D eigenvalue weighted by Gasteiger charge is 2.51. The van der Waals surface area contributed by atoms with E-state index in [1.807, 2.05) is 12.1 Å². The van der Waals surface area contributed by atoms with Crippen molar-refractivity contribution >= 4 is 18.0 Å². The molecule has 1 aromatic heterocycles. The van der Waals surface area contributed by atoms with Crippen molar-refractivity contribution in [3.63, 3.8) is 0 Å². The van der Waals surface area contributed by atoms with Crippen LogP contribution in [-0.2, 0) is 21.5 Å². The predicted molar refractivity (Wildman–Crippen MR) is 105 cm³/mol. The van der Waals surface area contributed by atoms with Gasteiger partial charge in [-0.15, -0.1) is 0 Å². The summed E-state index contributed by atoms with van der Waals surface area (Å²) in [5, 5.41) is 2.89. The van der Waals surface area contributed by atoms with E-state index in [4.69, 9.17) is 0 Å². The van der Waals surface area contributed by atoms with Gasteiger partial charge < -0.3 is 5.32 Å². The number of rotatable bonds is 5. The molecule has 30 heavy (non-hydrogen) atoms. The van der Waals surface area contributed by atoms with Crippen LogP contribution in [0.3, 0.4) is 0 Å². The minimum Gasteiger partial charge on any atom is -0.351 e. The van der Waals surface area contributed by atoms with Gasteiger partial charge in [0.1, 0.15) is 5.82 Å². The number of hydrogen-bond donors (Lipinski definition) is 1. The number of amides is 2. The fourth-order valence-electron chi connectivity index (χ4n) is 4.58. The van der Waals surface area contributed by atoms with Crippen molar-refractivity contribution in [3.8, 4) is 0 Å². The molecule has 0 aliphatic heterocycles. The zero-order chi connectivity index (χ0) is 21.4. The Labute approximate surface area is 172 Å². The van der Waals surface area contributed by atoms with Gasteiger partial charge in [-0.1, -0.05) is 24.3 Å². The Bertz CT molecular complexity index is 958. The lowest BCUT2D eigenvalue weighted by atomic mass is 9.86. The molecule has 1 saturated carbocycles. The maximum absolute atomic E-state index is 13.8. The van der Waals surface area contributed by atoms with Gasteiger partial charge in [0.2, 0.25) is 12.3 Å². The Morgan fingerprint density at radius 2 is 1.90 bits per heavy atom. The third-order valence-corrected chi connectivity index (χ3v) is 6.13. The quantitative estimate of drug-likeness (QED) is 0.755. The molecule has 0 spiro atoms. The first-order valence-electron chi connectivity index (χ1n) is 9.98.